The first-order chi connectivity index (χ1) is 11.0. The summed E-state index contributed by atoms with van der Waals surface area (Å²) in [6, 6.07) is 1.48. The van der Waals surface area contributed by atoms with Gasteiger partial charge in [-0.05, 0) is 29.3 Å². The number of nitrogens with zero attached hydrogens (tertiary/aromatic N) is 4. The minimum atomic E-state index is -0.403. The lowest BCUT2D eigenvalue weighted by molar-refractivity contribution is -0.384. The van der Waals surface area contributed by atoms with Crippen molar-refractivity contribution in [1.29, 1.82) is 0 Å². The number of thiazole rings is 1. The van der Waals surface area contributed by atoms with E-state index >= 15 is 0 Å². The SMILES string of the molecule is Cc1nc(CO[C@@H]2CCN(c3ncc(Br)cc3[N+](=O)[O-])C2)cs1. The second-order valence-corrected chi connectivity index (χ2v) is 7.26. The predicted molar refractivity (Wildman–Crippen MR) is 90.8 cm³/mol. The highest BCUT2D eigenvalue weighted by Crippen LogP contribution is 2.31. The van der Waals surface area contributed by atoms with Crippen LogP contribution in [0, 0.1) is 17.0 Å². The Hall–Kier alpha value is -1.58. The van der Waals surface area contributed by atoms with Gasteiger partial charge in [0.1, 0.15) is 0 Å². The van der Waals surface area contributed by atoms with Crippen molar-refractivity contribution >= 4 is 38.8 Å². The van der Waals surface area contributed by atoms with Crippen LogP contribution < -0.4 is 4.90 Å². The molecule has 0 bridgehead atoms. The van der Waals surface area contributed by atoms with Crippen LogP contribution in [-0.4, -0.2) is 34.1 Å². The zero-order chi connectivity index (χ0) is 16.4. The maximum atomic E-state index is 11.2. The molecule has 1 atom stereocenters. The van der Waals surface area contributed by atoms with E-state index in [-0.39, 0.29) is 11.8 Å². The number of aromatic nitrogens is 2. The highest BCUT2D eigenvalue weighted by molar-refractivity contribution is 9.10. The van der Waals surface area contributed by atoms with E-state index in [1.54, 1.807) is 17.5 Å². The minimum absolute atomic E-state index is 0.00940. The van der Waals surface area contributed by atoms with Gasteiger partial charge in [0.15, 0.2) is 0 Å². The van der Waals surface area contributed by atoms with E-state index in [1.165, 1.54) is 6.07 Å². The molecule has 2 aromatic rings. The standard InChI is InChI=1S/C14H15BrN4O3S/c1-9-17-11(8-23-9)7-22-12-2-3-18(6-12)14-13(19(20)21)4-10(15)5-16-14/h4-5,8,12H,2-3,6-7H2,1H3/t12-/m1/s1. The molecule has 0 aromatic carbocycles. The molecule has 0 radical (unpaired) electrons. The molecule has 7 nitrogen and oxygen atoms in total. The van der Waals surface area contributed by atoms with E-state index in [0.29, 0.717) is 30.0 Å². The fraction of sp³-hybridized carbons (Fsp3) is 0.429. The normalized spacial score (nSPS) is 17.7. The van der Waals surface area contributed by atoms with Crippen LogP contribution in [-0.2, 0) is 11.3 Å². The van der Waals surface area contributed by atoms with Crippen molar-refractivity contribution < 1.29 is 9.66 Å². The number of anilines is 1. The van der Waals surface area contributed by atoms with Crippen molar-refractivity contribution in [3.05, 3.63) is 42.9 Å². The lowest BCUT2D eigenvalue weighted by Gasteiger charge is -2.17. The highest BCUT2D eigenvalue weighted by Gasteiger charge is 2.29. The summed E-state index contributed by atoms with van der Waals surface area (Å²) in [4.78, 5) is 21.3. The maximum absolute atomic E-state index is 11.2. The molecule has 122 valence electrons. The molecule has 3 rings (SSSR count). The summed E-state index contributed by atoms with van der Waals surface area (Å²) in [6.07, 6.45) is 2.43. The van der Waals surface area contributed by atoms with Crippen LogP contribution in [0.15, 0.2) is 22.1 Å². The molecule has 0 aliphatic carbocycles. The monoisotopic (exact) mass is 398 g/mol. The lowest BCUT2D eigenvalue weighted by atomic mass is 10.3. The Labute approximate surface area is 145 Å². The first-order valence-electron chi connectivity index (χ1n) is 7.10. The number of ether oxygens (including phenoxy) is 1. The van der Waals surface area contributed by atoms with Gasteiger partial charge >= 0.3 is 5.69 Å². The molecule has 1 aliphatic heterocycles. The van der Waals surface area contributed by atoms with Crippen LogP contribution in [0.2, 0.25) is 0 Å². The van der Waals surface area contributed by atoms with Crippen LogP contribution >= 0.6 is 27.3 Å². The van der Waals surface area contributed by atoms with E-state index in [1.807, 2.05) is 17.2 Å². The molecular weight excluding hydrogens is 384 g/mol. The molecule has 23 heavy (non-hydrogen) atoms. The van der Waals surface area contributed by atoms with Gasteiger partial charge in [-0.15, -0.1) is 11.3 Å². The number of halogens is 1. The van der Waals surface area contributed by atoms with Gasteiger partial charge < -0.3 is 9.64 Å². The summed E-state index contributed by atoms with van der Waals surface area (Å²) in [6.45, 7) is 3.72. The van der Waals surface area contributed by atoms with Gasteiger partial charge in [-0.1, -0.05) is 0 Å². The average molecular weight is 399 g/mol. The number of hydrogen-bond acceptors (Lipinski definition) is 7. The van der Waals surface area contributed by atoms with Crippen LogP contribution in [0.1, 0.15) is 17.1 Å². The summed E-state index contributed by atoms with van der Waals surface area (Å²) in [5.41, 5.74) is 0.939. The Morgan fingerprint density at radius 2 is 2.43 bits per heavy atom. The van der Waals surface area contributed by atoms with Gasteiger partial charge in [0.25, 0.3) is 0 Å². The molecule has 2 aromatic heterocycles. The van der Waals surface area contributed by atoms with Crippen molar-refractivity contribution in [2.75, 3.05) is 18.0 Å². The van der Waals surface area contributed by atoms with Crippen LogP contribution in [0.4, 0.5) is 11.5 Å². The third-order valence-corrected chi connectivity index (χ3v) is 4.84. The Bertz CT molecular complexity index is 724. The van der Waals surface area contributed by atoms with Crippen molar-refractivity contribution in [3.63, 3.8) is 0 Å². The highest BCUT2D eigenvalue weighted by atomic mass is 79.9. The van der Waals surface area contributed by atoms with Gasteiger partial charge in [0.2, 0.25) is 5.82 Å². The number of rotatable bonds is 5. The topological polar surface area (TPSA) is 81.4 Å². The van der Waals surface area contributed by atoms with Crippen molar-refractivity contribution in [2.24, 2.45) is 0 Å². The van der Waals surface area contributed by atoms with Crippen LogP contribution in [0.25, 0.3) is 0 Å². The van der Waals surface area contributed by atoms with Crippen molar-refractivity contribution in [1.82, 2.24) is 9.97 Å². The summed E-state index contributed by atoms with van der Waals surface area (Å²) in [5, 5.41) is 14.2. The molecule has 1 fully saturated rings. The number of aryl methyl sites for hydroxylation is 1. The fourth-order valence-corrected chi connectivity index (χ4v) is 3.45. The second kappa shape index (κ2) is 6.90. The molecule has 0 amide bonds. The van der Waals surface area contributed by atoms with Gasteiger partial charge in [0, 0.05) is 35.2 Å². The Morgan fingerprint density at radius 3 is 3.13 bits per heavy atom. The van der Waals surface area contributed by atoms with E-state index in [0.717, 1.165) is 17.1 Å². The van der Waals surface area contributed by atoms with Crippen LogP contribution in [0.5, 0.6) is 0 Å². The molecule has 1 saturated heterocycles. The lowest BCUT2D eigenvalue weighted by Crippen LogP contribution is -2.24. The van der Waals surface area contributed by atoms with Gasteiger partial charge in [-0.25, -0.2) is 9.97 Å². The van der Waals surface area contributed by atoms with E-state index in [9.17, 15) is 10.1 Å². The minimum Gasteiger partial charge on any atom is -0.370 e. The Kier molecular flexibility index (Phi) is 4.88. The van der Waals surface area contributed by atoms with Crippen LogP contribution in [0.3, 0.4) is 0 Å². The van der Waals surface area contributed by atoms with Crippen molar-refractivity contribution in [2.45, 2.75) is 26.1 Å². The molecule has 0 spiro atoms. The summed E-state index contributed by atoms with van der Waals surface area (Å²) in [7, 11) is 0. The van der Waals surface area contributed by atoms with Gasteiger partial charge in [-0.2, -0.15) is 0 Å². The van der Waals surface area contributed by atoms with Gasteiger partial charge in [-0.3, -0.25) is 10.1 Å². The summed E-state index contributed by atoms with van der Waals surface area (Å²) >= 11 is 4.82. The van der Waals surface area contributed by atoms with E-state index in [2.05, 4.69) is 25.9 Å². The number of nitro groups is 1. The second-order valence-electron chi connectivity index (χ2n) is 5.28. The van der Waals surface area contributed by atoms with Gasteiger partial charge in [0.05, 0.1) is 28.3 Å². The van der Waals surface area contributed by atoms with Crippen molar-refractivity contribution in [3.8, 4) is 0 Å². The van der Waals surface area contributed by atoms with E-state index < -0.39 is 4.92 Å². The molecule has 0 unspecified atom stereocenters. The third-order valence-electron chi connectivity index (χ3n) is 3.59. The number of hydrogen-bond donors (Lipinski definition) is 0. The van der Waals surface area contributed by atoms with E-state index in [4.69, 9.17) is 4.74 Å². The first-order valence-corrected chi connectivity index (χ1v) is 8.77. The molecule has 3 heterocycles. The predicted octanol–water partition coefficient (Wildman–Crippen LogP) is 3.31. The average Bonchev–Trinajstić information content (AvgIpc) is 3.14. The molecule has 0 saturated carbocycles. The fourth-order valence-electron chi connectivity index (χ4n) is 2.53. The molecule has 0 N–H and O–H groups in total. The largest absolute Gasteiger partial charge is 0.370 e. The maximum Gasteiger partial charge on any atom is 0.312 e. The summed E-state index contributed by atoms with van der Waals surface area (Å²) < 4.78 is 6.47. The molecule has 1 aliphatic rings. The summed E-state index contributed by atoms with van der Waals surface area (Å²) in [5.74, 6) is 0.397. The Balaban J connectivity index is 1.64. The third kappa shape index (κ3) is 3.85. The quantitative estimate of drug-likeness (QED) is 0.567. The number of pyridine rings is 1. The smallest absolute Gasteiger partial charge is 0.312 e. The first kappa shape index (κ1) is 16.3. The molecular formula is C14H15BrN4O3S. The zero-order valence-electron chi connectivity index (χ0n) is 12.4. The Morgan fingerprint density at radius 1 is 1.61 bits per heavy atom. The zero-order valence-corrected chi connectivity index (χ0v) is 14.8. The molecule has 9 heteroatoms.